The van der Waals surface area contributed by atoms with Crippen LogP contribution in [0, 0.1) is 0 Å². The summed E-state index contributed by atoms with van der Waals surface area (Å²) in [6.45, 7) is 10.8. The van der Waals surface area contributed by atoms with Gasteiger partial charge in [0.2, 0.25) is 0 Å². The highest BCUT2D eigenvalue weighted by Gasteiger charge is 2.57. The molecule has 4 fully saturated rings. The summed E-state index contributed by atoms with van der Waals surface area (Å²) in [7, 11) is 0. The van der Waals surface area contributed by atoms with E-state index in [0.717, 1.165) is 44.5 Å². The van der Waals surface area contributed by atoms with Gasteiger partial charge >= 0.3 is 0 Å². The zero-order valence-electron chi connectivity index (χ0n) is 57.4. The minimum absolute atomic E-state index is 0.0382. The number of hydrogen-bond acceptors (Lipinski definition) is 18. The van der Waals surface area contributed by atoms with Crippen LogP contribution in [0.1, 0.15) is 65.3 Å². The third-order valence-corrected chi connectivity index (χ3v) is 18.5. The van der Waals surface area contributed by atoms with Gasteiger partial charge in [0.15, 0.2) is 25.2 Å². The maximum atomic E-state index is 13.7. The fraction of sp³-hybridized carbons (Fsp3) is 0.398. The molecule has 4 aliphatic rings. The van der Waals surface area contributed by atoms with Crippen molar-refractivity contribution in [1.82, 2.24) is 0 Å². The van der Waals surface area contributed by atoms with Gasteiger partial charge < -0.3 is 86.0 Å². The summed E-state index contributed by atoms with van der Waals surface area (Å²) in [5.41, 5.74) is 7.23. The van der Waals surface area contributed by atoms with E-state index in [-0.39, 0.29) is 66.1 Å². The second-order valence-electron chi connectivity index (χ2n) is 25.9. The lowest BCUT2D eigenvalue weighted by Crippen LogP contribution is -2.68. The lowest BCUT2D eigenvalue weighted by molar-refractivity contribution is -0.402. The Labute approximate surface area is 592 Å². The van der Waals surface area contributed by atoms with E-state index in [1.54, 1.807) is 6.08 Å². The maximum absolute atomic E-state index is 13.7. The minimum atomic E-state index is -1.68. The van der Waals surface area contributed by atoms with Crippen molar-refractivity contribution in [3.8, 4) is 0 Å². The standard InChI is InChI=1S/C83H94O18/c1-5-46-87-80-68(84)74(70(56(2)95-80)88-48-60-32-16-7-17-33-60)100-83-79(76(92-52-64-40-24-11-25-41-64)72(58(4)97-83)90-50-62-36-20-9-21-37-62)101-81-69(85)75(71(57(3)96-81)89-49-61-34-18-8-19-35-61)99-82-78(94-54-66-44-28-13-29-45-66)77(93-53-65-42-26-12-27-43-65)73(91-51-63-38-22-10-23-39-63)67(98-82)55-86-47-59-30-14-6-15-31-59/h5-45,56-58,67-85H,1,46-55H2,2-4H3/t56-,57-,58-,67+,68+,69+,70-,71-,72-,73+,74-,75-,76+,77-,78+,79+,80+,81-,82+,83-/m0/s1. The van der Waals surface area contributed by atoms with Crippen molar-refractivity contribution >= 4 is 0 Å². The number of rotatable bonds is 34. The molecule has 18 nitrogen and oxygen atoms in total. The van der Waals surface area contributed by atoms with Gasteiger partial charge in [0.25, 0.3) is 0 Å². The lowest BCUT2D eigenvalue weighted by Gasteiger charge is -2.51. The van der Waals surface area contributed by atoms with E-state index >= 15 is 0 Å². The molecule has 0 aromatic heterocycles. The maximum Gasteiger partial charge on any atom is 0.187 e. The first-order chi connectivity index (χ1) is 49.6. The van der Waals surface area contributed by atoms with Gasteiger partial charge in [-0.3, -0.25) is 0 Å². The zero-order chi connectivity index (χ0) is 69.5. The van der Waals surface area contributed by atoms with Crippen LogP contribution >= 0.6 is 0 Å². The highest BCUT2D eigenvalue weighted by atomic mass is 16.8. The number of benzene rings is 8. The molecule has 18 heteroatoms. The van der Waals surface area contributed by atoms with Crippen LogP contribution in [0.15, 0.2) is 255 Å². The molecule has 0 unspecified atom stereocenters. The van der Waals surface area contributed by atoms with Gasteiger partial charge in [-0.1, -0.05) is 249 Å². The predicted octanol–water partition coefficient (Wildman–Crippen LogP) is 12.3. The Bertz CT molecular complexity index is 3610. The first-order valence-corrected chi connectivity index (χ1v) is 35.0. The topological polar surface area (TPSA) is 188 Å². The molecule has 4 heterocycles. The molecule has 8 aromatic carbocycles. The molecule has 2 N–H and O–H groups in total. The second-order valence-corrected chi connectivity index (χ2v) is 25.9. The summed E-state index contributed by atoms with van der Waals surface area (Å²) in [4.78, 5) is 0. The summed E-state index contributed by atoms with van der Waals surface area (Å²) < 4.78 is 112. The van der Waals surface area contributed by atoms with Crippen molar-refractivity contribution in [3.05, 3.63) is 300 Å². The van der Waals surface area contributed by atoms with Gasteiger partial charge in [-0.25, -0.2) is 0 Å². The third kappa shape index (κ3) is 20.4. The molecule has 0 radical (unpaired) electrons. The molecule has 534 valence electrons. The Morgan fingerprint density at radius 2 is 0.554 bits per heavy atom. The molecule has 8 aromatic rings. The molecule has 0 aliphatic carbocycles. The summed E-state index contributed by atoms with van der Waals surface area (Å²) in [6.07, 6.45) is -20.4. The number of hydrogen-bond donors (Lipinski definition) is 2. The Hall–Kier alpha value is -7.22. The lowest BCUT2D eigenvalue weighted by atomic mass is 9.95. The summed E-state index contributed by atoms with van der Waals surface area (Å²) in [6, 6.07) is 78.6. The average molecular weight is 1380 g/mol. The quantitative estimate of drug-likeness (QED) is 0.0362. The van der Waals surface area contributed by atoms with Crippen LogP contribution < -0.4 is 0 Å². The highest BCUT2D eigenvalue weighted by molar-refractivity contribution is 5.20. The average Bonchev–Trinajstić information content (AvgIpc) is 0.769. The molecule has 20 atom stereocenters. The van der Waals surface area contributed by atoms with Crippen LogP contribution in [0.2, 0.25) is 0 Å². The minimum Gasteiger partial charge on any atom is -0.385 e. The molecule has 0 amide bonds. The van der Waals surface area contributed by atoms with Crippen LogP contribution in [-0.4, -0.2) is 146 Å². The monoisotopic (exact) mass is 1380 g/mol. The predicted molar refractivity (Wildman–Crippen MR) is 376 cm³/mol. The van der Waals surface area contributed by atoms with E-state index in [2.05, 4.69) is 6.58 Å². The second kappa shape index (κ2) is 37.8. The van der Waals surface area contributed by atoms with Crippen LogP contribution in [0.25, 0.3) is 0 Å². The fourth-order valence-electron chi connectivity index (χ4n) is 13.2. The Morgan fingerprint density at radius 3 is 0.921 bits per heavy atom. The summed E-state index contributed by atoms with van der Waals surface area (Å²) in [5.74, 6) is 0. The number of aliphatic hydroxyl groups excluding tert-OH is 2. The van der Waals surface area contributed by atoms with Crippen molar-refractivity contribution in [1.29, 1.82) is 0 Å². The molecule has 12 rings (SSSR count). The fourth-order valence-corrected chi connectivity index (χ4v) is 13.2. The third-order valence-electron chi connectivity index (χ3n) is 18.5. The van der Waals surface area contributed by atoms with Crippen LogP contribution in [0.5, 0.6) is 0 Å². The van der Waals surface area contributed by atoms with Crippen LogP contribution in [0.3, 0.4) is 0 Å². The molecular formula is C83H94O18. The molecule has 4 aliphatic heterocycles. The summed E-state index contributed by atoms with van der Waals surface area (Å²) >= 11 is 0. The van der Waals surface area contributed by atoms with Gasteiger partial charge in [0.1, 0.15) is 79.4 Å². The molecular weight excluding hydrogens is 1280 g/mol. The van der Waals surface area contributed by atoms with E-state index in [1.165, 1.54) is 0 Å². The first-order valence-electron chi connectivity index (χ1n) is 35.0. The first kappa shape index (κ1) is 73.5. The smallest absolute Gasteiger partial charge is 0.187 e. The van der Waals surface area contributed by atoms with Crippen LogP contribution in [0.4, 0.5) is 0 Å². The van der Waals surface area contributed by atoms with Crippen molar-refractivity contribution < 1.29 is 86.0 Å². The summed E-state index contributed by atoms with van der Waals surface area (Å²) in [5, 5.41) is 26.2. The number of ether oxygens (including phenoxy) is 16. The largest absolute Gasteiger partial charge is 0.385 e. The zero-order valence-corrected chi connectivity index (χ0v) is 57.4. The van der Waals surface area contributed by atoms with Crippen molar-refractivity contribution in [2.75, 3.05) is 13.2 Å². The molecule has 0 bridgehead atoms. The highest BCUT2D eigenvalue weighted by Crippen LogP contribution is 2.40. The Balaban J connectivity index is 0.935. The van der Waals surface area contributed by atoms with E-state index < -0.39 is 123 Å². The number of aliphatic hydroxyl groups is 2. The molecule has 0 spiro atoms. The Kier molecular flexibility index (Phi) is 27.5. The van der Waals surface area contributed by atoms with E-state index in [1.807, 2.05) is 263 Å². The Morgan fingerprint density at radius 1 is 0.287 bits per heavy atom. The normalized spacial score (nSPS) is 29.8. The van der Waals surface area contributed by atoms with Crippen molar-refractivity contribution in [2.24, 2.45) is 0 Å². The molecule has 4 saturated heterocycles. The van der Waals surface area contributed by atoms with Crippen LogP contribution in [-0.2, 0) is 129 Å². The van der Waals surface area contributed by atoms with Gasteiger partial charge in [-0.15, -0.1) is 6.58 Å². The van der Waals surface area contributed by atoms with Crippen molar-refractivity contribution in [2.45, 2.75) is 196 Å². The SMILES string of the molecule is C=CCO[C@@H]1O[C@@H](C)[C@H](OCc2ccccc2)[C@@H](O[C@@H]2O[C@@H](C)[C@H](OCc3ccccc3)[C@@H](OCc3ccccc3)[C@H]2O[C@@H]2O[C@@H](C)[C@H](OCc3ccccc3)[C@@H](O[C@H]3O[C@H](COCc4ccccc4)[C@@H](OCc4ccccc4)[C@H](OCc4ccccc4)[C@H]3OCc3ccccc3)[C@H]2O)[C@H]1O. The van der Waals surface area contributed by atoms with Gasteiger partial charge in [0, 0.05) is 0 Å². The van der Waals surface area contributed by atoms with E-state index in [0.29, 0.717) is 0 Å². The molecule has 0 saturated carbocycles. The van der Waals surface area contributed by atoms with Gasteiger partial charge in [-0.2, -0.15) is 0 Å². The van der Waals surface area contributed by atoms with Crippen molar-refractivity contribution in [3.63, 3.8) is 0 Å². The van der Waals surface area contributed by atoms with E-state index in [9.17, 15) is 10.2 Å². The van der Waals surface area contributed by atoms with Gasteiger partial charge in [0.05, 0.1) is 84.4 Å². The molecule has 101 heavy (non-hydrogen) atoms. The van der Waals surface area contributed by atoms with E-state index in [4.69, 9.17) is 75.8 Å². The van der Waals surface area contributed by atoms with Gasteiger partial charge in [-0.05, 0) is 65.3 Å².